The molecule has 0 unspecified atom stereocenters. The number of carbonyl (C=O) groups is 1. The highest BCUT2D eigenvalue weighted by molar-refractivity contribution is 7.00. The topological polar surface area (TPSA) is 112 Å². The van der Waals surface area contributed by atoms with Crippen molar-refractivity contribution >= 4 is 50.7 Å². The third kappa shape index (κ3) is 4.55. The number of aromatic nitrogens is 4. The van der Waals surface area contributed by atoms with E-state index in [4.69, 9.17) is 9.47 Å². The molecule has 0 amide bonds. The summed E-state index contributed by atoms with van der Waals surface area (Å²) in [6.45, 7) is 0.381. The Morgan fingerprint density at radius 3 is 2.48 bits per heavy atom. The lowest BCUT2D eigenvalue weighted by atomic mass is 10.0. The fourth-order valence-corrected chi connectivity index (χ4v) is 6.52. The Balaban J connectivity index is 1.48. The van der Waals surface area contributed by atoms with Gasteiger partial charge in [0.15, 0.2) is 0 Å². The summed E-state index contributed by atoms with van der Waals surface area (Å²) in [6, 6.07) is 26.8. The SMILES string of the molecule is COc1ccc(-c2c(C(=O)O)n(Cc3ccc4nsnc4c3)c3c4ccccc4n(C)c23)c(OCc2ccccc2CO)c1. The van der Waals surface area contributed by atoms with E-state index in [0.29, 0.717) is 29.2 Å². The van der Waals surface area contributed by atoms with Crippen LogP contribution in [0.25, 0.3) is 44.1 Å². The number of rotatable bonds is 9. The molecular weight excluding hydrogens is 576 g/mol. The molecule has 0 atom stereocenters. The van der Waals surface area contributed by atoms with Crippen LogP contribution in [0, 0.1) is 0 Å². The number of aliphatic hydroxyl groups excluding tert-OH is 1. The highest BCUT2D eigenvalue weighted by Crippen LogP contribution is 2.45. The number of carboxylic acids is 1. The van der Waals surface area contributed by atoms with E-state index in [2.05, 4.69) is 8.75 Å². The quantitative estimate of drug-likeness (QED) is 0.190. The molecule has 3 aromatic heterocycles. The summed E-state index contributed by atoms with van der Waals surface area (Å²) >= 11 is 1.15. The summed E-state index contributed by atoms with van der Waals surface area (Å²) < 4.78 is 24.6. The molecule has 7 rings (SSSR count). The van der Waals surface area contributed by atoms with Gasteiger partial charge in [-0.15, -0.1) is 0 Å². The largest absolute Gasteiger partial charge is 0.497 e. The Labute approximate surface area is 256 Å². The van der Waals surface area contributed by atoms with Gasteiger partial charge in [0, 0.05) is 36.2 Å². The number of hydrogen-bond donors (Lipinski definition) is 2. The summed E-state index contributed by atoms with van der Waals surface area (Å²) in [5, 5.41) is 21.6. The number of aliphatic hydroxyl groups is 1. The lowest BCUT2D eigenvalue weighted by molar-refractivity contribution is 0.0687. The highest BCUT2D eigenvalue weighted by atomic mass is 32.1. The van der Waals surface area contributed by atoms with Gasteiger partial charge in [-0.1, -0.05) is 48.5 Å². The van der Waals surface area contributed by atoms with Crippen LogP contribution < -0.4 is 9.47 Å². The van der Waals surface area contributed by atoms with Crippen molar-refractivity contribution in [1.29, 1.82) is 0 Å². The van der Waals surface area contributed by atoms with Crippen molar-refractivity contribution in [3.05, 3.63) is 107 Å². The number of ether oxygens (including phenoxy) is 2. The van der Waals surface area contributed by atoms with Crippen molar-refractivity contribution in [3.8, 4) is 22.6 Å². The summed E-state index contributed by atoms with van der Waals surface area (Å²) in [5.74, 6) is -0.00286. The number of nitrogens with zero attached hydrogens (tertiary/aromatic N) is 4. The molecule has 44 heavy (non-hydrogen) atoms. The van der Waals surface area contributed by atoms with Crippen LogP contribution >= 0.6 is 11.7 Å². The van der Waals surface area contributed by atoms with Crippen LogP contribution in [0.15, 0.2) is 84.9 Å². The number of aromatic carboxylic acids is 1. The Morgan fingerprint density at radius 2 is 1.68 bits per heavy atom. The van der Waals surface area contributed by atoms with Crippen LogP contribution in [-0.2, 0) is 26.8 Å². The van der Waals surface area contributed by atoms with Crippen molar-refractivity contribution in [1.82, 2.24) is 17.9 Å². The van der Waals surface area contributed by atoms with Gasteiger partial charge in [0.05, 0.1) is 42.0 Å². The first-order valence-electron chi connectivity index (χ1n) is 14.0. The molecule has 220 valence electrons. The third-order valence-electron chi connectivity index (χ3n) is 8.09. The number of benzene rings is 4. The predicted octanol–water partition coefficient (Wildman–Crippen LogP) is 6.63. The standard InChI is InChI=1S/C34H28N4O5S/c1-37-28-10-6-5-9-24(28)31-32(37)30(33(34(40)41)38(31)17-20-11-14-26-27(15-20)36-44-35-26)25-13-12-23(42-2)16-29(25)43-19-22-8-4-3-7-21(22)18-39/h3-16,39H,17-19H2,1-2H3,(H,40,41). The molecule has 2 N–H and O–H groups in total. The molecule has 0 aliphatic rings. The van der Waals surface area contributed by atoms with E-state index in [9.17, 15) is 15.0 Å². The van der Waals surface area contributed by atoms with Crippen LogP contribution in [0.1, 0.15) is 27.2 Å². The van der Waals surface area contributed by atoms with Crippen LogP contribution in [0.2, 0.25) is 0 Å². The summed E-state index contributed by atoms with van der Waals surface area (Å²) in [4.78, 5) is 13.2. The number of methoxy groups -OCH3 is 1. The average Bonchev–Trinajstić information content (AvgIpc) is 3.73. The average molecular weight is 605 g/mol. The van der Waals surface area contributed by atoms with Gasteiger partial charge in [0.25, 0.3) is 0 Å². The van der Waals surface area contributed by atoms with Crippen LogP contribution in [0.3, 0.4) is 0 Å². The molecule has 0 radical (unpaired) electrons. The van der Waals surface area contributed by atoms with Crippen molar-refractivity contribution in [2.24, 2.45) is 7.05 Å². The first kappa shape index (κ1) is 27.6. The van der Waals surface area contributed by atoms with E-state index in [1.165, 1.54) is 0 Å². The Bertz CT molecular complexity index is 2200. The predicted molar refractivity (Wildman–Crippen MR) is 171 cm³/mol. The van der Waals surface area contributed by atoms with Gasteiger partial charge in [-0.25, -0.2) is 4.79 Å². The number of aryl methyl sites for hydroxylation is 1. The van der Waals surface area contributed by atoms with E-state index >= 15 is 0 Å². The van der Waals surface area contributed by atoms with Gasteiger partial charge >= 0.3 is 5.97 Å². The number of para-hydroxylation sites is 1. The second kappa shape index (κ2) is 11.1. The van der Waals surface area contributed by atoms with Crippen LogP contribution in [-0.4, -0.2) is 41.2 Å². The minimum atomic E-state index is -1.05. The van der Waals surface area contributed by atoms with Crippen molar-refractivity contribution in [3.63, 3.8) is 0 Å². The molecule has 0 saturated heterocycles. The van der Waals surface area contributed by atoms with Crippen molar-refractivity contribution in [2.45, 2.75) is 19.8 Å². The molecule has 10 heteroatoms. The van der Waals surface area contributed by atoms with Crippen molar-refractivity contribution in [2.75, 3.05) is 7.11 Å². The highest BCUT2D eigenvalue weighted by Gasteiger charge is 2.30. The molecule has 0 saturated carbocycles. The molecule has 3 heterocycles. The minimum absolute atomic E-state index is 0.115. The van der Waals surface area contributed by atoms with Crippen LogP contribution in [0.4, 0.5) is 0 Å². The maximum Gasteiger partial charge on any atom is 0.353 e. The number of hydrogen-bond acceptors (Lipinski definition) is 7. The zero-order valence-electron chi connectivity index (χ0n) is 24.0. The molecule has 7 aromatic rings. The lowest BCUT2D eigenvalue weighted by Gasteiger charge is -2.16. The van der Waals surface area contributed by atoms with E-state index in [-0.39, 0.29) is 18.9 Å². The fraction of sp³-hybridized carbons (Fsp3) is 0.147. The first-order valence-corrected chi connectivity index (χ1v) is 14.7. The van der Waals surface area contributed by atoms with Gasteiger partial charge in [0.1, 0.15) is 34.8 Å². The molecule has 0 fully saturated rings. The third-order valence-corrected chi connectivity index (χ3v) is 8.64. The number of carboxylic acid groups (broad SMARTS) is 1. The van der Waals surface area contributed by atoms with Crippen molar-refractivity contribution < 1.29 is 24.5 Å². The molecule has 0 spiro atoms. The Hall–Kier alpha value is -5.19. The molecule has 4 aromatic carbocycles. The molecular formula is C34H28N4O5S. The normalized spacial score (nSPS) is 11.5. The van der Waals surface area contributed by atoms with Gasteiger partial charge < -0.3 is 28.8 Å². The first-order chi connectivity index (χ1) is 21.5. The zero-order valence-corrected chi connectivity index (χ0v) is 24.8. The molecule has 9 nitrogen and oxygen atoms in total. The Kier molecular flexibility index (Phi) is 7.00. The zero-order chi connectivity index (χ0) is 30.4. The summed E-state index contributed by atoms with van der Waals surface area (Å²) in [7, 11) is 3.54. The monoisotopic (exact) mass is 604 g/mol. The van der Waals surface area contributed by atoms with E-state index in [0.717, 1.165) is 61.4 Å². The maximum absolute atomic E-state index is 13.2. The second-order valence-corrected chi connectivity index (χ2v) is 11.1. The second-order valence-electron chi connectivity index (χ2n) is 10.6. The fourth-order valence-electron chi connectivity index (χ4n) is 6.00. The summed E-state index contributed by atoms with van der Waals surface area (Å²) in [5.41, 5.74) is 8.01. The van der Waals surface area contributed by atoms with Gasteiger partial charge in [-0.3, -0.25) is 0 Å². The maximum atomic E-state index is 13.2. The minimum Gasteiger partial charge on any atom is -0.497 e. The Morgan fingerprint density at radius 1 is 0.909 bits per heavy atom. The molecule has 0 aliphatic carbocycles. The lowest BCUT2D eigenvalue weighted by Crippen LogP contribution is -2.11. The molecule has 0 bridgehead atoms. The van der Waals surface area contributed by atoms with Gasteiger partial charge in [-0.05, 0) is 47.0 Å². The molecule has 0 aliphatic heterocycles. The van der Waals surface area contributed by atoms with Crippen LogP contribution in [0.5, 0.6) is 11.5 Å². The van der Waals surface area contributed by atoms with E-state index in [1.54, 1.807) is 13.2 Å². The van der Waals surface area contributed by atoms with E-state index < -0.39 is 5.97 Å². The smallest absolute Gasteiger partial charge is 0.353 e. The van der Waals surface area contributed by atoms with Gasteiger partial charge in [-0.2, -0.15) is 8.75 Å². The van der Waals surface area contributed by atoms with Gasteiger partial charge in [0.2, 0.25) is 0 Å². The summed E-state index contributed by atoms with van der Waals surface area (Å²) in [6.07, 6.45) is 0. The number of fused-ring (bicyclic) bond motifs is 4. The van der Waals surface area contributed by atoms with E-state index in [1.807, 2.05) is 95.0 Å².